The van der Waals surface area contributed by atoms with E-state index in [4.69, 9.17) is 0 Å². The van der Waals surface area contributed by atoms with Gasteiger partial charge in [0.2, 0.25) is 0 Å². The molecule has 21 heavy (non-hydrogen) atoms. The Bertz CT molecular complexity index is 597. The van der Waals surface area contributed by atoms with Gasteiger partial charge in [-0.25, -0.2) is 0 Å². The lowest BCUT2D eigenvalue weighted by atomic mass is 9.48. The molecule has 4 aliphatic rings. The summed E-state index contributed by atoms with van der Waals surface area (Å²) in [5.74, 6) is 2.15. The van der Waals surface area contributed by atoms with Crippen molar-refractivity contribution in [3.8, 4) is 0 Å². The molecule has 4 rings (SSSR count). The van der Waals surface area contributed by atoms with E-state index in [1.165, 1.54) is 30.9 Å². The SMILES string of the molecule is CC12C=CCC1C1CCC3=CC(=O)C=C(O)C3(C)C1CC2. The van der Waals surface area contributed by atoms with Gasteiger partial charge in [0.1, 0.15) is 5.76 Å². The molecule has 0 aromatic carbocycles. The Morgan fingerprint density at radius 2 is 2.00 bits per heavy atom. The van der Waals surface area contributed by atoms with Crippen LogP contribution in [0.4, 0.5) is 0 Å². The molecule has 1 N–H and O–H groups in total. The lowest BCUT2D eigenvalue weighted by Gasteiger charge is -2.56. The van der Waals surface area contributed by atoms with E-state index in [2.05, 4.69) is 26.0 Å². The van der Waals surface area contributed by atoms with Gasteiger partial charge >= 0.3 is 0 Å². The molecule has 0 saturated heterocycles. The monoisotopic (exact) mass is 284 g/mol. The second-order valence-electron chi connectivity index (χ2n) is 7.90. The molecule has 0 amide bonds. The van der Waals surface area contributed by atoms with Gasteiger partial charge in [-0.1, -0.05) is 24.6 Å². The van der Waals surface area contributed by atoms with Gasteiger partial charge in [0.05, 0.1) is 0 Å². The molecule has 0 bridgehead atoms. The minimum atomic E-state index is -0.291. The van der Waals surface area contributed by atoms with Crippen LogP contribution >= 0.6 is 0 Å². The van der Waals surface area contributed by atoms with Gasteiger partial charge in [0, 0.05) is 11.5 Å². The molecular weight excluding hydrogens is 260 g/mol. The van der Waals surface area contributed by atoms with Gasteiger partial charge in [-0.05, 0) is 68.3 Å². The summed E-state index contributed by atoms with van der Waals surface area (Å²) in [5, 5.41) is 10.6. The van der Waals surface area contributed by atoms with Crippen LogP contribution in [-0.4, -0.2) is 10.9 Å². The third-order valence-corrected chi connectivity index (χ3v) is 7.05. The molecule has 0 aliphatic heterocycles. The molecule has 0 aromatic rings. The molecule has 4 aliphatic carbocycles. The lowest BCUT2D eigenvalue weighted by molar-refractivity contribution is -0.111. The number of rotatable bonds is 0. The maximum Gasteiger partial charge on any atom is 0.181 e. The molecule has 5 atom stereocenters. The molecule has 2 nitrogen and oxygen atoms in total. The molecule has 0 spiro atoms. The van der Waals surface area contributed by atoms with E-state index in [1.807, 2.05) is 0 Å². The summed E-state index contributed by atoms with van der Waals surface area (Å²) in [6, 6.07) is 0. The van der Waals surface area contributed by atoms with Gasteiger partial charge in [-0.15, -0.1) is 0 Å². The molecule has 2 heteroatoms. The highest BCUT2D eigenvalue weighted by atomic mass is 16.3. The van der Waals surface area contributed by atoms with Crippen LogP contribution in [0.2, 0.25) is 0 Å². The van der Waals surface area contributed by atoms with E-state index < -0.39 is 0 Å². The Kier molecular flexibility index (Phi) is 2.62. The topological polar surface area (TPSA) is 37.3 Å². The third-order valence-electron chi connectivity index (χ3n) is 7.05. The van der Waals surface area contributed by atoms with E-state index >= 15 is 0 Å². The van der Waals surface area contributed by atoms with E-state index in [0.717, 1.165) is 18.8 Å². The van der Waals surface area contributed by atoms with E-state index in [-0.39, 0.29) is 11.2 Å². The summed E-state index contributed by atoms with van der Waals surface area (Å²) in [5.41, 5.74) is 1.24. The Labute approximate surface area is 126 Å². The van der Waals surface area contributed by atoms with E-state index in [9.17, 15) is 9.90 Å². The van der Waals surface area contributed by atoms with E-state index in [1.54, 1.807) is 6.08 Å². The number of carbonyl (C=O) groups excluding carboxylic acids is 1. The third kappa shape index (κ3) is 1.62. The van der Waals surface area contributed by atoms with Crippen molar-refractivity contribution in [2.75, 3.05) is 0 Å². The first kappa shape index (κ1) is 13.4. The molecule has 0 aromatic heterocycles. The highest BCUT2D eigenvalue weighted by molar-refractivity contribution is 6.01. The van der Waals surface area contributed by atoms with Crippen molar-refractivity contribution in [3.05, 3.63) is 35.6 Å². The summed E-state index contributed by atoms with van der Waals surface area (Å²) >= 11 is 0. The number of fused-ring (bicyclic) bond motifs is 5. The minimum Gasteiger partial charge on any atom is -0.511 e. The normalized spacial score (nSPS) is 48.1. The first-order chi connectivity index (χ1) is 9.95. The van der Waals surface area contributed by atoms with Gasteiger partial charge in [-0.3, -0.25) is 4.79 Å². The highest BCUT2D eigenvalue weighted by Gasteiger charge is 2.56. The molecule has 0 heterocycles. The van der Waals surface area contributed by atoms with E-state index in [0.29, 0.717) is 23.0 Å². The van der Waals surface area contributed by atoms with Crippen LogP contribution in [0.5, 0.6) is 0 Å². The first-order valence-corrected chi connectivity index (χ1v) is 8.29. The highest BCUT2D eigenvalue weighted by Crippen LogP contribution is 2.63. The largest absolute Gasteiger partial charge is 0.511 e. The molecule has 112 valence electrons. The maximum atomic E-state index is 11.7. The zero-order valence-corrected chi connectivity index (χ0v) is 12.9. The number of carbonyl (C=O) groups is 1. The smallest absolute Gasteiger partial charge is 0.181 e. The van der Waals surface area contributed by atoms with Crippen molar-refractivity contribution in [2.24, 2.45) is 28.6 Å². The van der Waals surface area contributed by atoms with Crippen molar-refractivity contribution >= 4 is 5.78 Å². The Morgan fingerprint density at radius 1 is 1.19 bits per heavy atom. The zero-order valence-electron chi connectivity index (χ0n) is 12.9. The Morgan fingerprint density at radius 3 is 2.81 bits per heavy atom. The number of aliphatic hydroxyl groups is 1. The predicted octanol–water partition coefficient (Wildman–Crippen LogP) is 4.35. The molecule has 2 fully saturated rings. The molecule has 2 saturated carbocycles. The summed E-state index contributed by atoms with van der Waals surface area (Å²) in [7, 11) is 0. The fourth-order valence-corrected chi connectivity index (χ4v) is 5.78. The fourth-order valence-electron chi connectivity index (χ4n) is 5.78. The maximum absolute atomic E-state index is 11.7. The van der Waals surface area contributed by atoms with Gasteiger partial charge in [0.25, 0.3) is 0 Å². The summed E-state index contributed by atoms with van der Waals surface area (Å²) < 4.78 is 0. The van der Waals surface area contributed by atoms with Crippen molar-refractivity contribution < 1.29 is 9.90 Å². The van der Waals surface area contributed by atoms with Crippen molar-refractivity contribution in [1.82, 2.24) is 0 Å². The number of hydrogen-bond donors (Lipinski definition) is 1. The number of hydrogen-bond acceptors (Lipinski definition) is 2. The second kappa shape index (κ2) is 4.12. The summed E-state index contributed by atoms with van der Waals surface area (Å²) in [6.45, 7) is 4.57. The van der Waals surface area contributed by atoms with Crippen LogP contribution in [0, 0.1) is 28.6 Å². The Balaban J connectivity index is 1.75. The van der Waals surface area contributed by atoms with Gasteiger partial charge in [0.15, 0.2) is 5.78 Å². The second-order valence-corrected chi connectivity index (χ2v) is 7.90. The summed E-state index contributed by atoms with van der Waals surface area (Å²) in [4.78, 5) is 11.7. The standard InChI is InChI=1S/C19H24O2/c1-18-8-3-4-15(18)14-6-5-12-10-13(20)11-17(21)19(12,2)16(14)7-9-18/h3,8,10-11,14-16,21H,4-7,9H2,1-2H3. The van der Waals surface area contributed by atoms with Crippen molar-refractivity contribution in [3.63, 3.8) is 0 Å². The van der Waals surface area contributed by atoms with Crippen molar-refractivity contribution in [2.45, 2.75) is 46.0 Å². The average molecular weight is 284 g/mol. The van der Waals surface area contributed by atoms with Gasteiger partial charge < -0.3 is 5.11 Å². The minimum absolute atomic E-state index is 0.0402. The number of allylic oxidation sites excluding steroid dienone is 5. The van der Waals surface area contributed by atoms with Crippen LogP contribution in [-0.2, 0) is 4.79 Å². The van der Waals surface area contributed by atoms with Crippen LogP contribution in [0.15, 0.2) is 35.6 Å². The fraction of sp³-hybridized carbons (Fsp3) is 0.632. The predicted molar refractivity (Wildman–Crippen MR) is 82.7 cm³/mol. The average Bonchev–Trinajstić information content (AvgIpc) is 2.82. The van der Waals surface area contributed by atoms with Crippen LogP contribution < -0.4 is 0 Å². The molecule has 5 unspecified atom stereocenters. The first-order valence-electron chi connectivity index (χ1n) is 8.29. The quantitative estimate of drug-likeness (QED) is 0.672. The number of ketones is 1. The van der Waals surface area contributed by atoms with Gasteiger partial charge in [-0.2, -0.15) is 0 Å². The summed E-state index contributed by atoms with van der Waals surface area (Å²) in [6.07, 6.45) is 13.7. The van der Waals surface area contributed by atoms with Crippen molar-refractivity contribution in [1.29, 1.82) is 0 Å². The Hall–Kier alpha value is -1.31. The van der Waals surface area contributed by atoms with Crippen LogP contribution in [0.25, 0.3) is 0 Å². The van der Waals surface area contributed by atoms with Crippen LogP contribution in [0.3, 0.4) is 0 Å². The lowest BCUT2D eigenvalue weighted by Crippen LogP contribution is -2.49. The molecule has 0 radical (unpaired) electrons. The zero-order chi connectivity index (χ0) is 14.8. The number of aliphatic hydroxyl groups excluding tert-OH is 1. The molecular formula is C19H24O2. The van der Waals surface area contributed by atoms with Crippen LogP contribution in [0.1, 0.15) is 46.0 Å².